The summed E-state index contributed by atoms with van der Waals surface area (Å²) in [6.45, 7) is 6.68. The molecule has 1 radical (unpaired) electrons. The van der Waals surface area contributed by atoms with Gasteiger partial charge in [0.25, 0.3) is 0 Å². The van der Waals surface area contributed by atoms with Crippen LogP contribution in [0.25, 0.3) is 6.08 Å². The van der Waals surface area contributed by atoms with Crippen molar-refractivity contribution in [1.29, 1.82) is 0 Å². The van der Waals surface area contributed by atoms with E-state index in [-0.39, 0.29) is 29.6 Å². The third-order valence-corrected chi connectivity index (χ3v) is 3.45. The van der Waals surface area contributed by atoms with Gasteiger partial charge in [0, 0.05) is 29.6 Å². The molecule has 1 heteroatoms. The average molecular weight is 253 g/mol. The number of rotatable bonds is 7. The van der Waals surface area contributed by atoms with Crippen molar-refractivity contribution in [2.24, 2.45) is 5.92 Å². The first kappa shape index (κ1) is 18.0. The molecular weight excluding hydrogens is 227 g/mol. The molecule has 95 valence electrons. The summed E-state index contributed by atoms with van der Waals surface area (Å²) < 4.78 is 0. The van der Waals surface area contributed by atoms with E-state index in [1.807, 2.05) is 0 Å². The molecule has 1 rings (SSSR count). The molecule has 0 aliphatic carbocycles. The van der Waals surface area contributed by atoms with Gasteiger partial charge >= 0.3 is 0 Å². The van der Waals surface area contributed by atoms with E-state index in [1.165, 1.54) is 43.2 Å². The number of unbranched alkanes of at least 4 members (excludes halogenated alkanes) is 1. The van der Waals surface area contributed by atoms with Crippen molar-refractivity contribution in [3.63, 3.8) is 0 Å². The van der Waals surface area contributed by atoms with E-state index >= 15 is 0 Å². The van der Waals surface area contributed by atoms with E-state index in [0.29, 0.717) is 0 Å². The fourth-order valence-corrected chi connectivity index (χ4v) is 2.32. The second-order valence-corrected chi connectivity index (χ2v) is 4.82. The predicted molar refractivity (Wildman–Crippen MR) is 83.9 cm³/mol. The molecule has 0 saturated carbocycles. The van der Waals surface area contributed by atoms with Gasteiger partial charge in [-0.05, 0) is 30.4 Å². The van der Waals surface area contributed by atoms with Crippen LogP contribution in [0.3, 0.4) is 0 Å². The zero-order valence-electron chi connectivity index (χ0n) is 12.6. The van der Waals surface area contributed by atoms with Crippen molar-refractivity contribution in [2.45, 2.75) is 52.9 Å². The van der Waals surface area contributed by atoms with Crippen LogP contribution in [0.5, 0.6) is 0 Å². The summed E-state index contributed by atoms with van der Waals surface area (Å²) in [6, 6.07) is 8.80. The van der Waals surface area contributed by atoms with Crippen LogP contribution in [0.4, 0.5) is 0 Å². The van der Waals surface area contributed by atoms with Gasteiger partial charge in [-0.1, -0.05) is 75.9 Å². The third kappa shape index (κ3) is 6.22. The standard InChI is InChI=1S/C17H26.Na/c1-4-7-11-15(6-3)14-17-13-9-8-12-16(17)10-5-2;/h5,8-10,12-13,15H,4,6-7,11,14H2,1-3H3;. The minimum atomic E-state index is 0. The number of benzene rings is 1. The Morgan fingerprint density at radius 3 is 2.50 bits per heavy atom. The van der Waals surface area contributed by atoms with Gasteiger partial charge in [0.05, 0.1) is 0 Å². The molecule has 18 heavy (non-hydrogen) atoms. The summed E-state index contributed by atoms with van der Waals surface area (Å²) in [5, 5.41) is 0. The molecule has 0 aliphatic heterocycles. The quantitative estimate of drug-likeness (QED) is 0.593. The van der Waals surface area contributed by atoms with Crippen LogP contribution in [0.1, 0.15) is 57.6 Å². The van der Waals surface area contributed by atoms with Crippen LogP contribution in [0.15, 0.2) is 30.3 Å². The summed E-state index contributed by atoms with van der Waals surface area (Å²) in [5.74, 6) is 0.848. The molecule has 1 aromatic carbocycles. The van der Waals surface area contributed by atoms with Gasteiger partial charge in [-0.15, -0.1) is 0 Å². The van der Waals surface area contributed by atoms with Crippen molar-refractivity contribution in [3.05, 3.63) is 41.5 Å². The zero-order chi connectivity index (χ0) is 12.5. The zero-order valence-corrected chi connectivity index (χ0v) is 14.6. The van der Waals surface area contributed by atoms with E-state index in [0.717, 1.165) is 5.92 Å². The Morgan fingerprint density at radius 2 is 1.89 bits per heavy atom. The van der Waals surface area contributed by atoms with Crippen LogP contribution in [-0.2, 0) is 6.42 Å². The average Bonchev–Trinajstić information content (AvgIpc) is 2.36. The Labute approximate surface area is 135 Å². The SMILES string of the molecule is CC=Cc1ccccc1CC(CC)CCCC.[Na]. The Balaban J connectivity index is 0.00000289. The molecular formula is C17H26Na. The van der Waals surface area contributed by atoms with Crippen molar-refractivity contribution < 1.29 is 0 Å². The monoisotopic (exact) mass is 253 g/mol. The first-order chi connectivity index (χ1) is 8.31. The van der Waals surface area contributed by atoms with Crippen LogP contribution in [0, 0.1) is 5.92 Å². The van der Waals surface area contributed by atoms with Crippen molar-refractivity contribution in [1.82, 2.24) is 0 Å². The molecule has 0 saturated heterocycles. The fourth-order valence-electron chi connectivity index (χ4n) is 2.32. The topological polar surface area (TPSA) is 0 Å². The molecule has 0 spiro atoms. The van der Waals surface area contributed by atoms with Crippen LogP contribution >= 0.6 is 0 Å². The number of hydrogen-bond acceptors (Lipinski definition) is 0. The molecule has 0 bridgehead atoms. The summed E-state index contributed by atoms with van der Waals surface area (Å²) >= 11 is 0. The molecule has 0 fully saturated rings. The van der Waals surface area contributed by atoms with E-state index in [9.17, 15) is 0 Å². The Morgan fingerprint density at radius 1 is 1.17 bits per heavy atom. The maximum Gasteiger partial charge on any atom is 0 e. The van der Waals surface area contributed by atoms with Gasteiger partial charge in [-0.3, -0.25) is 0 Å². The van der Waals surface area contributed by atoms with E-state index < -0.39 is 0 Å². The predicted octanol–water partition coefficient (Wildman–Crippen LogP) is 5.10. The normalized spacial score (nSPS) is 12.4. The molecule has 0 heterocycles. The van der Waals surface area contributed by atoms with Gasteiger partial charge in [0.15, 0.2) is 0 Å². The number of hydrogen-bond donors (Lipinski definition) is 0. The molecule has 0 aliphatic rings. The minimum absolute atomic E-state index is 0. The van der Waals surface area contributed by atoms with Crippen molar-refractivity contribution in [3.8, 4) is 0 Å². The van der Waals surface area contributed by atoms with Gasteiger partial charge in [-0.25, -0.2) is 0 Å². The molecule has 1 unspecified atom stereocenters. The van der Waals surface area contributed by atoms with E-state index in [4.69, 9.17) is 0 Å². The summed E-state index contributed by atoms with van der Waals surface area (Å²) in [4.78, 5) is 0. The van der Waals surface area contributed by atoms with Gasteiger partial charge < -0.3 is 0 Å². The summed E-state index contributed by atoms with van der Waals surface area (Å²) in [7, 11) is 0. The maximum absolute atomic E-state index is 2.32. The van der Waals surface area contributed by atoms with Gasteiger partial charge in [0.2, 0.25) is 0 Å². The fraction of sp³-hybridized carbons (Fsp3) is 0.529. The van der Waals surface area contributed by atoms with Crippen LogP contribution in [0.2, 0.25) is 0 Å². The molecule has 1 aromatic rings. The second-order valence-electron chi connectivity index (χ2n) is 4.82. The van der Waals surface area contributed by atoms with Gasteiger partial charge in [-0.2, -0.15) is 0 Å². The first-order valence-electron chi connectivity index (χ1n) is 7.02. The largest absolute Gasteiger partial charge is 0.0871 e. The molecule has 0 nitrogen and oxygen atoms in total. The Bertz CT molecular complexity index is 341. The molecule has 0 N–H and O–H groups in total. The smallest absolute Gasteiger partial charge is 0 e. The Hall–Kier alpha value is -0.0400. The van der Waals surface area contributed by atoms with E-state index in [2.05, 4.69) is 57.2 Å². The van der Waals surface area contributed by atoms with Crippen molar-refractivity contribution >= 4 is 35.6 Å². The van der Waals surface area contributed by atoms with E-state index in [1.54, 1.807) is 0 Å². The Kier molecular flexibility index (Phi) is 10.8. The third-order valence-electron chi connectivity index (χ3n) is 3.45. The minimum Gasteiger partial charge on any atom is -0.0871 e. The maximum atomic E-state index is 2.32. The molecule has 0 amide bonds. The summed E-state index contributed by atoms with van der Waals surface area (Å²) in [6.07, 6.45) is 10.9. The number of allylic oxidation sites excluding steroid dienone is 1. The summed E-state index contributed by atoms with van der Waals surface area (Å²) in [5.41, 5.74) is 2.90. The van der Waals surface area contributed by atoms with Gasteiger partial charge in [0.1, 0.15) is 0 Å². The second kappa shape index (κ2) is 10.8. The van der Waals surface area contributed by atoms with Crippen LogP contribution in [-0.4, -0.2) is 29.6 Å². The molecule has 0 aromatic heterocycles. The van der Waals surface area contributed by atoms with Crippen LogP contribution < -0.4 is 0 Å². The first-order valence-corrected chi connectivity index (χ1v) is 7.02. The molecule has 1 atom stereocenters. The van der Waals surface area contributed by atoms with Crippen molar-refractivity contribution in [2.75, 3.05) is 0 Å².